The summed E-state index contributed by atoms with van der Waals surface area (Å²) in [6.45, 7) is 9.27. The summed E-state index contributed by atoms with van der Waals surface area (Å²) in [6, 6.07) is 6.30. The van der Waals surface area contributed by atoms with Gasteiger partial charge in [-0.05, 0) is 46.2 Å². The van der Waals surface area contributed by atoms with Crippen LogP contribution < -0.4 is 0 Å². The molecule has 0 heterocycles. The highest BCUT2D eigenvalue weighted by atomic mass is 32.2. The molecule has 6 heteroatoms. The molecule has 0 fully saturated rings. The van der Waals surface area contributed by atoms with Gasteiger partial charge >= 0.3 is 5.97 Å². The maximum absolute atomic E-state index is 12.8. The third-order valence-corrected chi connectivity index (χ3v) is 5.58. The van der Waals surface area contributed by atoms with Crippen molar-refractivity contribution in [1.82, 2.24) is 4.31 Å². The Morgan fingerprint density at radius 1 is 1.21 bits per heavy atom. The van der Waals surface area contributed by atoms with Gasteiger partial charge in [0.25, 0.3) is 0 Å². The molecular formula is C18H29NO4S. The lowest BCUT2D eigenvalue weighted by atomic mass is 10.1. The van der Waals surface area contributed by atoms with E-state index in [4.69, 9.17) is 4.74 Å². The lowest BCUT2D eigenvalue weighted by Gasteiger charge is -2.28. The first-order chi connectivity index (χ1) is 11.0. The zero-order chi connectivity index (χ0) is 18.5. The third kappa shape index (κ3) is 5.91. The number of esters is 1. The van der Waals surface area contributed by atoms with Gasteiger partial charge in [-0.1, -0.05) is 31.0 Å². The van der Waals surface area contributed by atoms with E-state index in [0.717, 1.165) is 12.0 Å². The van der Waals surface area contributed by atoms with Crippen LogP contribution in [0.5, 0.6) is 0 Å². The molecule has 0 spiro atoms. The smallest absolute Gasteiger partial charge is 0.307 e. The molecule has 0 aliphatic carbocycles. The summed E-state index contributed by atoms with van der Waals surface area (Å²) in [5, 5.41) is 0. The number of nitrogens with zero attached hydrogens (tertiary/aromatic N) is 1. The molecule has 0 bridgehead atoms. The van der Waals surface area contributed by atoms with Gasteiger partial charge in [-0.15, -0.1) is 0 Å². The second-order valence-electron chi connectivity index (χ2n) is 7.07. The van der Waals surface area contributed by atoms with Crippen molar-refractivity contribution in [1.29, 1.82) is 0 Å². The molecule has 0 unspecified atom stereocenters. The number of ether oxygens (including phenoxy) is 1. The number of benzene rings is 1. The highest BCUT2D eigenvalue weighted by Crippen LogP contribution is 2.22. The SMILES string of the molecule is CCC[C@H](CC(=O)OC(C)(C)C)N(C)S(=O)(=O)c1ccc(C)cc1. The van der Waals surface area contributed by atoms with Crippen LogP contribution in [-0.4, -0.2) is 37.4 Å². The van der Waals surface area contributed by atoms with Crippen molar-refractivity contribution in [3.05, 3.63) is 29.8 Å². The van der Waals surface area contributed by atoms with Crippen LogP contribution >= 0.6 is 0 Å². The summed E-state index contributed by atoms with van der Waals surface area (Å²) in [5.74, 6) is -0.382. The van der Waals surface area contributed by atoms with Crippen molar-refractivity contribution in [2.75, 3.05) is 7.05 Å². The quantitative estimate of drug-likeness (QED) is 0.702. The first-order valence-electron chi connectivity index (χ1n) is 8.24. The minimum absolute atomic E-state index is 0.0483. The molecule has 5 nitrogen and oxygen atoms in total. The molecule has 1 aromatic carbocycles. The van der Waals surface area contributed by atoms with Crippen LogP contribution in [0.15, 0.2) is 29.2 Å². The molecule has 0 amide bonds. The van der Waals surface area contributed by atoms with E-state index in [2.05, 4.69) is 0 Å². The first kappa shape index (κ1) is 20.6. The summed E-state index contributed by atoms with van der Waals surface area (Å²) in [4.78, 5) is 12.3. The van der Waals surface area contributed by atoms with Gasteiger partial charge in [0.2, 0.25) is 10.0 Å². The van der Waals surface area contributed by atoms with E-state index in [-0.39, 0.29) is 17.3 Å². The molecule has 0 N–H and O–H groups in total. The third-order valence-electron chi connectivity index (χ3n) is 3.66. The monoisotopic (exact) mass is 355 g/mol. The molecule has 0 radical (unpaired) electrons. The van der Waals surface area contributed by atoms with Gasteiger partial charge in [0, 0.05) is 13.1 Å². The van der Waals surface area contributed by atoms with Gasteiger partial charge in [-0.2, -0.15) is 4.31 Å². The Morgan fingerprint density at radius 3 is 2.21 bits per heavy atom. The van der Waals surface area contributed by atoms with Crippen LogP contribution in [0.1, 0.15) is 52.5 Å². The number of hydrogen-bond acceptors (Lipinski definition) is 4. The standard InChI is InChI=1S/C18H29NO4S/c1-7-8-15(13-17(20)23-18(3,4)5)19(6)24(21,22)16-11-9-14(2)10-12-16/h9-12,15H,7-8,13H2,1-6H3/t15-/m1/s1. The van der Waals surface area contributed by atoms with E-state index in [1.165, 1.54) is 11.4 Å². The summed E-state index contributed by atoms with van der Waals surface area (Å²) in [7, 11) is -2.11. The number of carbonyl (C=O) groups excluding carboxylic acids is 1. The second-order valence-corrected chi connectivity index (χ2v) is 9.06. The van der Waals surface area contributed by atoms with E-state index >= 15 is 0 Å². The highest BCUT2D eigenvalue weighted by molar-refractivity contribution is 7.89. The van der Waals surface area contributed by atoms with Crippen molar-refractivity contribution >= 4 is 16.0 Å². The van der Waals surface area contributed by atoms with Gasteiger partial charge in [0.15, 0.2) is 0 Å². The van der Waals surface area contributed by atoms with Crippen LogP contribution in [0.25, 0.3) is 0 Å². The Bertz CT molecular complexity index is 645. The van der Waals surface area contributed by atoms with Crippen molar-refractivity contribution in [3.8, 4) is 0 Å². The predicted molar refractivity (Wildman–Crippen MR) is 95.3 cm³/mol. The Balaban J connectivity index is 2.98. The lowest BCUT2D eigenvalue weighted by molar-refractivity contribution is -0.155. The first-order valence-corrected chi connectivity index (χ1v) is 9.68. The molecule has 0 aliphatic heterocycles. The van der Waals surface area contributed by atoms with Gasteiger partial charge in [-0.25, -0.2) is 8.42 Å². The molecule has 1 rings (SSSR count). The summed E-state index contributed by atoms with van der Waals surface area (Å²) in [5.41, 5.74) is 0.415. The minimum atomic E-state index is -3.64. The highest BCUT2D eigenvalue weighted by Gasteiger charge is 2.30. The van der Waals surface area contributed by atoms with Crippen molar-refractivity contribution < 1.29 is 17.9 Å². The average Bonchev–Trinajstić information content (AvgIpc) is 2.44. The minimum Gasteiger partial charge on any atom is -0.460 e. The Labute approximate surface area is 146 Å². The normalized spacial score (nSPS) is 13.8. The number of aryl methyl sites for hydroxylation is 1. The van der Waals surface area contributed by atoms with Crippen LogP contribution in [0.2, 0.25) is 0 Å². The average molecular weight is 356 g/mol. The second kappa shape index (κ2) is 8.12. The molecule has 0 aromatic heterocycles. The number of sulfonamides is 1. The van der Waals surface area contributed by atoms with Crippen LogP contribution in [0.3, 0.4) is 0 Å². The molecule has 136 valence electrons. The zero-order valence-electron chi connectivity index (χ0n) is 15.5. The largest absolute Gasteiger partial charge is 0.460 e. The summed E-state index contributed by atoms with van der Waals surface area (Å²) in [6.07, 6.45) is 1.43. The van der Waals surface area contributed by atoms with Crippen molar-refractivity contribution in [2.45, 2.75) is 70.4 Å². The molecule has 0 aliphatic rings. The van der Waals surface area contributed by atoms with E-state index in [9.17, 15) is 13.2 Å². The Hall–Kier alpha value is -1.40. The number of carbonyl (C=O) groups is 1. The van der Waals surface area contributed by atoms with E-state index in [1.54, 1.807) is 45.0 Å². The molecular weight excluding hydrogens is 326 g/mol. The van der Waals surface area contributed by atoms with Crippen LogP contribution in [-0.2, 0) is 19.6 Å². The van der Waals surface area contributed by atoms with Gasteiger partial charge < -0.3 is 4.74 Å². The zero-order valence-corrected chi connectivity index (χ0v) is 16.3. The fraction of sp³-hybridized carbons (Fsp3) is 0.611. The van der Waals surface area contributed by atoms with Gasteiger partial charge in [0.05, 0.1) is 11.3 Å². The Morgan fingerprint density at radius 2 is 1.75 bits per heavy atom. The molecule has 1 aromatic rings. The summed E-state index contributed by atoms with van der Waals surface area (Å²) >= 11 is 0. The van der Waals surface area contributed by atoms with E-state index < -0.39 is 21.7 Å². The van der Waals surface area contributed by atoms with Crippen molar-refractivity contribution in [2.24, 2.45) is 0 Å². The van der Waals surface area contributed by atoms with Gasteiger partial charge in [-0.3, -0.25) is 4.79 Å². The van der Waals surface area contributed by atoms with Crippen molar-refractivity contribution in [3.63, 3.8) is 0 Å². The Kier molecular flexibility index (Phi) is 6.98. The number of hydrogen-bond donors (Lipinski definition) is 0. The van der Waals surface area contributed by atoms with E-state index in [1.807, 2.05) is 13.8 Å². The molecule has 0 saturated heterocycles. The van der Waals surface area contributed by atoms with Gasteiger partial charge in [0.1, 0.15) is 5.60 Å². The number of rotatable bonds is 7. The fourth-order valence-electron chi connectivity index (χ4n) is 2.39. The maximum Gasteiger partial charge on any atom is 0.307 e. The lowest BCUT2D eigenvalue weighted by Crippen LogP contribution is -2.39. The van der Waals surface area contributed by atoms with Crippen LogP contribution in [0, 0.1) is 6.92 Å². The predicted octanol–water partition coefficient (Wildman–Crippen LogP) is 3.52. The topological polar surface area (TPSA) is 63.7 Å². The van der Waals surface area contributed by atoms with Crippen LogP contribution in [0.4, 0.5) is 0 Å². The fourth-order valence-corrected chi connectivity index (χ4v) is 3.78. The summed E-state index contributed by atoms with van der Waals surface area (Å²) < 4.78 is 32.2. The maximum atomic E-state index is 12.8. The van der Waals surface area contributed by atoms with E-state index in [0.29, 0.717) is 6.42 Å². The molecule has 0 saturated carbocycles. The molecule has 24 heavy (non-hydrogen) atoms. The molecule has 1 atom stereocenters.